The van der Waals surface area contributed by atoms with Crippen LogP contribution in [0.15, 0.2) is 40.1 Å². The van der Waals surface area contributed by atoms with Crippen molar-refractivity contribution < 1.29 is 38.9 Å². The van der Waals surface area contributed by atoms with Gasteiger partial charge in [-0.3, -0.25) is 24.5 Å². The second-order valence-corrected chi connectivity index (χ2v) is 7.40. The first-order chi connectivity index (χ1) is 16.2. The molecule has 1 aromatic heterocycles. The summed E-state index contributed by atoms with van der Waals surface area (Å²) in [5, 5.41) is 31.4. The highest BCUT2D eigenvalue weighted by Gasteiger charge is 2.47. The van der Waals surface area contributed by atoms with Gasteiger partial charge in [0.1, 0.15) is 24.9 Å². The van der Waals surface area contributed by atoms with Gasteiger partial charge in [0.15, 0.2) is 12.3 Å². The van der Waals surface area contributed by atoms with E-state index in [-0.39, 0.29) is 16.8 Å². The predicted octanol–water partition coefficient (Wildman–Crippen LogP) is -0.0867. The van der Waals surface area contributed by atoms with Gasteiger partial charge in [-0.2, -0.15) is 0 Å². The normalized spacial score (nSPS) is 22.8. The van der Waals surface area contributed by atoms with Gasteiger partial charge in [0.2, 0.25) is 0 Å². The standard InChI is InChI=1S/C20H23N3O11/c1-10-7-22(19(27)21-17(10)26)18-15(25)16(13(8-24)33-18)34-20(28)32-9-14(31-2)11-5-3-4-6-12(11)23(29)30/h3-7,13-16,18,24-25H,8-9H2,1-2H3,(H,21,26,27)/t13-,14?,15?,16?,18-/m1/s1. The van der Waals surface area contributed by atoms with E-state index in [0.29, 0.717) is 0 Å². The maximum Gasteiger partial charge on any atom is 0.508 e. The molecule has 2 aromatic rings. The summed E-state index contributed by atoms with van der Waals surface area (Å²) in [6.07, 6.45) is -6.67. The lowest BCUT2D eigenvalue weighted by atomic mass is 10.1. The fraction of sp³-hybridized carbons (Fsp3) is 0.450. The molecule has 3 N–H and O–H groups in total. The Hall–Kier alpha value is -3.59. The molecule has 184 valence electrons. The number of rotatable bonds is 8. The fourth-order valence-electron chi connectivity index (χ4n) is 3.52. The highest BCUT2D eigenvalue weighted by molar-refractivity contribution is 5.60. The number of nitrogens with one attached hydrogen (secondary N) is 1. The summed E-state index contributed by atoms with van der Waals surface area (Å²) in [6, 6.07) is 5.77. The number of aliphatic hydroxyl groups excluding tert-OH is 2. The first kappa shape index (κ1) is 25.0. The Morgan fingerprint density at radius 1 is 1.35 bits per heavy atom. The van der Waals surface area contributed by atoms with Crippen molar-refractivity contribution in [3.8, 4) is 0 Å². The number of para-hydroxylation sites is 1. The quantitative estimate of drug-likeness (QED) is 0.259. The number of aromatic amines is 1. The SMILES string of the molecule is COC(COC(=O)OC1C(O)[C@H](n2cc(C)c(=O)[nH]c2=O)O[C@@H]1CO)c1ccccc1[N+](=O)[O-]. The molecule has 0 radical (unpaired) electrons. The van der Waals surface area contributed by atoms with Gasteiger partial charge in [0.25, 0.3) is 11.2 Å². The van der Waals surface area contributed by atoms with Gasteiger partial charge in [-0.05, 0) is 13.0 Å². The summed E-state index contributed by atoms with van der Waals surface area (Å²) in [6.45, 7) is 0.323. The minimum atomic E-state index is -1.60. The Morgan fingerprint density at radius 2 is 2.06 bits per heavy atom. The smallest absolute Gasteiger partial charge is 0.431 e. The van der Waals surface area contributed by atoms with Crippen molar-refractivity contribution in [1.29, 1.82) is 0 Å². The molecule has 1 fully saturated rings. The topological polar surface area (TPSA) is 192 Å². The van der Waals surface area contributed by atoms with E-state index in [0.717, 1.165) is 4.57 Å². The molecule has 0 aliphatic carbocycles. The molecule has 1 saturated heterocycles. The van der Waals surface area contributed by atoms with Gasteiger partial charge in [0, 0.05) is 24.9 Å². The summed E-state index contributed by atoms with van der Waals surface area (Å²) in [5.41, 5.74) is -1.37. The van der Waals surface area contributed by atoms with Gasteiger partial charge < -0.3 is 29.2 Å². The first-order valence-corrected chi connectivity index (χ1v) is 10.0. The van der Waals surface area contributed by atoms with Crippen LogP contribution in [0.3, 0.4) is 0 Å². The van der Waals surface area contributed by atoms with E-state index in [1.54, 1.807) is 6.07 Å². The van der Waals surface area contributed by atoms with E-state index in [1.165, 1.54) is 38.4 Å². The van der Waals surface area contributed by atoms with Crippen molar-refractivity contribution in [2.75, 3.05) is 20.3 Å². The number of hydrogen-bond acceptors (Lipinski definition) is 11. The molecule has 3 unspecified atom stereocenters. The van der Waals surface area contributed by atoms with Crippen LogP contribution in [0.1, 0.15) is 23.5 Å². The van der Waals surface area contributed by atoms with Crippen LogP contribution < -0.4 is 11.2 Å². The molecule has 3 rings (SSSR count). The van der Waals surface area contributed by atoms with Crippen molar-refractivity contribution in [3.63, 3.8) is 0 Å². The van der Waals surface area contributed by atoms with E-state index >= 15 is 0 Å². The lowest BCUT2D eigenvalue weighted by Crippen LogP contribution is -2.40. The number of hydrogen-bond donors (Lipinski definition) is 3. The molecule has 1 aromatic carbocycles. The highest BCUT2D eigenvalue weighted by Crippen LogP contribution is 2.31. The van der Waals surface area contributed by atoms with Gasteiger partial charge in [-0.25, -0.2) is 9.59 Å². The number of carbonyl (C=O) groups excluding carboxylic acids is 1. The number of aliphatic hydroxyl groups is 2. The Balaban J connectivity index is 1.70. The number of H-pyrrole nitrogens is 1. The zero-order valence-corrected chi connectivity index (χ0v) is 18.2. The van der Waals surface area contributed by atoms with Crippen LogP contribution in [0.25, 0.3) is 0 Å². The molecular formula is C20H23N3O11. The molecule has 5 atom stereocenters. The molecule has 1 aliphatic heterocycles. The third kappa shape index (κ3) is 5.14. The van der Waals surface area contributed by atoms with Gasteiger partial charge >= 0.3 is 11.8 Å². The number of aryl methyl sites for hydroxylation is 1. The predicted molar refractivity (Wildman–Crippen MR) is 112 cm³/mol. The molecule has 34 heavy (non-hydrogen) atoms. The van der Waals surface area contributed by atoms with Crippen molar-refractivity contribution in [1.82, 2.24) is 9.55 Å². The van der Waals surface area contributed by atoms with Crippen LogP contribution in [0.5, 0.6) is 0 Å². The minimum Gasteiger partial charge on any atom is -0.431 e. The second-order valence-electron chi connectivity index (χ2n) is 7.40. The third-order valence-electron chi connectivity index (χ3n) is 5.26. The molecule has 0 spiro atoms. The van der Waals surface area contributed by atoms with E-state index in [4.69, 9.17) is 18.9 Å². The van der Waals surface area contributed by atoms with E-state index in [9.17, 15) is 34.7 Å². The van der Waals surface area contributed by atoms with E-state index in [2.05, 4.69) is 4.98 Å². The minimum absolute atomic E-state index is 0.167. The third-order valence-corrected chi connectivity index (χ3v) is 5.26. The molecule has 0 saturated carbocycles. The van der Waals surface area contributed by atoms with Crippen molar-refractivity contribution >= 4 is 11.8 Å². The van der Waals surface area contributed by atoms with Crippen LogP contribution in [0.2, 0.25) is 0 Å². The number of carbonyl (C=O) groups is 1. The van der Waals surface area contributed by atoms with E-state index < -0.39 is 66.2 Å². The zero-order valence-electron chi connectivity index (χ0n) is 18.2. The summed E-state index contributed by atoms with van der Waals surface area (Å²) in [4.78, 5) is 48.7. The highest BCUT2D eigenvalue weighted by atomic mass is 16.7. The number of methoxy groups -OCH3 is 1. The molecule has 14 nitrogen and oxygen atoms in total. The Labute approximate surface area is 191 Å². The summed E-state index contributed by atoms with van der Waals surface area (Å²) < 4.78 is 21.7. The number of aromatic nitrogens is 2. The molecule has 14 heteroatoms. The molecule has 0 amide bonds. The number of ether oxygens (including phenoxy) is 4. The summed E-state index contributed by atoms with van der Waals surface area (Å²) in [7, 11) is 1.28. The first-order valence-electron chi connectivity index (χ1n) is 10.0. The number of nitrogens with zero attached hydrogens (tertiary/aromatic N) is 2. The monoisotopic (exact) mass is 481 g/mol. The van der Waals surface area contributed by atoms with Crippen LogP contribution in [0.4, 0.5) is 10.5 Å². The van der Waals surface area contributed by atoms with Crippen LogP contribution >= 0.6 is 0 Å². The number of nitro benzene ring substituents is 1. The van der Waals surface area contributed by atoms with Crippen LogP contribution in [0, 0.1) is 17.0 Å². The Morgan fingerprint density at radius 3 is 2.71 bits per heavy atom. The summed E-state index contributed by atoms with van der Waals surface area (Å²) in [5.74, 6) is 0. The lowest BCUT2D eigenvalue weighted by molar-refractivity contribution is -0.386. The van der Waals surface area contributed by atoms with Crippen molar-refractivity contribution in [2.45, 2.75) is 37.6 Å². The van der Waals surface area contributed by atoms with Crippen molar-refractivity contribution in [2.24, 2.45) is 0 Å². The maximum atomic E-state index is 12.3. The van der Waals surface area contributed by atoms with Gasteiger partial charge in [-0.1, -0.05) is 12.1 Å². The largest absolute Gasteiger partial charge is 0.508 e. The van der Waals surface area contributed by atoms with Gasteiger partial charge in [0.05, 0.1) is 17.1 Å². The number of nitro groups is 1. The van der Waals surface area contributed by atoms with Crippen LogP contribution in [-0.4, -0.2) is 69.5 Å². The molecular weight excluding hydrogens is 458 g/mol. The Bertz CT molecular complexity index is 1160. The van der Waals surface area contributed by atoms with Gasteiger partial charge in [-0.15, -0.1) is 0 Å². The number of benzene rings is 1. The van der Waals surface area contributed by atoms with E-state index in [1.807, 2.05) is 0 Å². The zero-order chi connectivity index (χ0) is 25.0. The fourth-order valence-corrected chi connectivity index (χ4v) is 3.52. The molecule has 0 bridgehead atoms. The average molecular weight is 481 g/mol. The average Bonchev–Trinajstić information content (AvgIpc) is 3.12. The molecule has 1 aliphatic rings. The maximum absolute atomic E-state index is 12.3. The summed E-state index contributed by atoms with van der Waals surface area (Å²) >= 11 is 0. The Kier molecular flexibility index (Phi) is 7.78. The molecule has 2 heterocycles. The second kappa shape index (κ2) is 10.6. The van der Waals surface area contributed by atoms with Crippen molar-refractivity contribution in [3.05, 3.63) is 72.5 Å². The lowest BCUT2D eigenvalue weighted by Gasteiger charge is -2.21. The van der Waals surface area contributed by atoms with Crippen LogP contribution in [-0.2, 0) is 18.9 Å².